The fourth-order valence-corrected chi connectivity index (χ4v) is 2.35. The first kappa shape index (κ1) is 20.8. The van der Waals surface area contributed by atoms with Gasteiger partial charge in [-0.15, -0.1) is 0 Å². The van der Waals surface area contributed by atoms with Gasteiger partial charge in [0.05, 0.1) is 6.54 Å². The molecule has 0 aliphatic heterocycles. The molecule has 0 aliphatic rings. The number of thioether (sulfide) groups is 1. The van der Waals surface area contributed by atoms with Crippen LogP contribution in [0.5, 0.6) is 0 Å². The summed E-state index contributed by atoms with van der Waals surface area (Å²) in [6, 6.07) is 8.71. The fourth-order valence-electron chi connectivity index (χ4n) is 2.13. The number of nitrogens with one attached hydrogen (secondary N) is 2. The minimum atomic E-state index is 0.195. The van der Waals surface area contributed by atoms with Crippen molar-refractivity contribution >= 4 is 17.7 Å². The van der Waals surface area contributed by atoms with Crippen molar-refractivity contribution in [1.82, 2.24) is 15.5 Å². The number of nitrogens with zero attached hydrogens (tertiary/aromatic N) is 2. The molecule has 0 saturated heterocycles. The molecule has 1 aromatic carbocycles. The lowest BCUT2D eigenvalue weighted by Crippen LogP contribution is -2.43. The zero-order valence-corrected chi connectivity index (χ0v) is 17.0. The monoisotopic (exact) mass is 350 g/mol. The SMILES string of the molecule is CCNC(=NCc1cccc(CN(C)CC)c1)NCC(C)(C)SC. The number of hydrogen-bond donors (Lipinski definition) is 2. The van der Waals surface area contributed by atoms with Gasteiger partial charge < -0.3 is 15.5 Å². The van der Waals surface area contributed by atoms with Crippen molar-refractivity contribution in [3.8, 4) is 0 Å². The second-order valence-electron chi connectivity index (χ2n) is 6.66. The van der Waals surface area contributed by atoms with Crippen LogP contribution in [0.25, 0.3) is 0 Å². The van der Waals surface area contributed by atoms with Crippen molar-refractivity contribution in [3.63, 3.8) is 0 Å². The maximum atomic E-state index is 4.73. The Kier molecular flexibility index (Phi) is 9.22. The van der Waals surface area contributed by atoms with Crippen LogP contribution in [0.2, 0.25) is 0 Å². The van der Waals surface area contributed by atoms with E-state index in [0.29, 0.717) is 6.54 Å². The predicted octanol–water partition coefficient (Wildman–Crippen LogP) is 3.34. The summed E-state index contributed by atoms with van der Waals surface area (Å²) in [7, 11) is 2.14. The van der Waals surface area contributed by atoms with Crippen LogP contribution >= 0.6 is 11.8 Å². The molecule has 5 heteroatoms. The van der Waals surface area contributed by atoms with Crippen molar-refractivity contribution in [2.24, 2.45) is 4.99 Å². The average molecular weight is 351 g/mol. The second kappa shape index (κ2) is 10.6. The molecule has 0 amide bonds. The minimum absolute atomic E-state index is 0.195. The van der Waals surface area contributed by atoms with Gasteiger partial charge in [0.25, 0.3) is 0 Å². The highest BCUT2D eigenvalue weighted by molar-refractivity contribution is 7.99. The lowest BCUT2D eigenvalue weighted by atomic mass is 10.1. The third-order valence-electron chi connectivity index (χ3n) is 3.98. The van der Waals surface area contributed by atoms with Gasteiger partial charge in [-0.2, -0.15) is 11.8 Å². The highest BCUT2D eigenvalue weighted by Gasteiger charge is 2.16. The van der Waals surface area contributed by atoms with Crippen LogP contribution in [0, 0.1) is 0 Å². The molecule has 0 fully saturated rings. The van der Waals surface area contributed by atoms with E-state index < -0.39 is 0 Å². The Bertz CT molecular complexity index is 514. The van der Waals surface area contributed by atoms with E-state index in [2.05, 4.69) is 80.8 Å². The first-order valence-electron chi connectivity index (χ1n) is 8.74. The zero-order valence-electron chi connectivity index (χ0n) is 16.1. The summed E-state index contributed by atoms with van der Waals surface area (Å²) >= 11 is 1.86. The Morgan fingerprint density at radius 2 is 1.92 bits per heavy atom. The molecule has 1 rings (SSSR count). The average Bonchev–Trinajstić information content (AvgIpc) is 2.57. The third-order valence-corrected chi connectivity index (χ3v) is 5.23. The molecule has 0 unspecified atom stereocenters. The second-order valence-corrected chi connectivity index (χ2v) is 8.18. The maximum absolute atomic E-state index is 4.73. The summed E-state index contributed by atoms with van der Waals surface area (Å²) in [4.78, 5) is 7.04. The molecule has 0 heterocycles. The van der Waals surface area contributed by atoms with Crippen LogP contribution in [0.3, 0.4) is 0 Å². The maximum Gasteiger partial charge on any atom is 0.191 e. The van der Waals surface area contributed by atoms with E-state index >= 15 is 0 Å². The summed E-state index contributed by atoms with van der Waals surface area (Å²) < 4.78 is 0.195. The fraction of sp³-hybridized carbons (Fsp3) is 0.632. The molecule has 0 bridgehead atoms. The molecular weight excluding hydrogens is 316 g/mol. The van der Waals surface area contributed by atoms with Crippen LogP contribution < -0.4 is 10.6 Å². The molecule has 1 aromatic rings. The van der Waals surface area contributed by atoms with Crippen molar-refractivity contribution < 1.29 is 0 Å². The van der Waals surface area contributed by atoms with Gasteiger partial charge in [-0.3, -0.25) is 0 Å². The van der Waals surface area contributed by atoms with Crippen molar-refractivity contribution in [1.29, 1.82) is 0 Å². The standard InChI is InChI=1S/C19H34N4S/c1-7-20-18(22-15-19(3,4)24-6)21-13-16-10-9-11-17(12-16)14-23(5)8-2/h9-12H,7-8,13-15H2,1-6H3,(H2,20,21,22). The van der Waals surface area contributed by atoms with E-state index in [-0.39, 0.29) is 4.75 Å². The first-order valence-corrected chi connectivity index (χ1v) is 9.96. The normalized spacial score (nSPS) is 12.5. The van der Waals surface area contributed by atoms with E-state index in [1.807, 2.05) is 11.8 Å². The molecule has 0 spiro atoms. The Balaban J connectivity index is 2.70. The smallest absolute Gasteiger partial charge is 0.191 e. The molecule has 0 radical (unpaired) electrons. The van der Waals surface area contributed by atoms with Crippen molar-refractivity contribution in [2.45, 2.75) is 45.5 Å². The van der Waals surface area contributed by atoms with Gasteiger partial charge in [-0.05, 0) is 51.7 Å². The number of hydrogen-bond acceptors (Lipinski definition) is 3. The lowest BCUT2D eigenvalue weighted by Gasteiger charge is -2.23. The molecule has 24 heavy (non-hydrogen) atoms. The third kappa shape index (κ3) is 8.06. The Morgan fingerprint density at radius 1 is 1.21 bits per heavy atom. The highest BCUT2D eigenvalue weighted by Crippen LogP contribution is 2.19. The van der Waals surface area contributed by atoms with Gasteiger partial charge in [0.15, 0.2) is 5.96 Å². The van der Waals surface area contributed by atoms with Crippen LogP contribution in [0.1, 0.15) is 38.8 Å². The van der Waals surface area contributed by atoms with Crippen molar-refractivity contribution in [3.05, 3.63) is 35.4 Å². The van der Waals surface area contributed by atoms with Gasteiger partial charge >= 0.3 is 0 Å². The summed E-state index contributed by atoms with van der Waals surface area (Å²) in [5.74, 6) is 0.885. The quantitative estimate of drug-likeness (QED) is 0.529. The Labute approximate surface area is 152 Å². The largest absolute Gasteiger partial charge is 0.357 e. The lowest BCUT2D eigenvalue weighted by molar-refractivity contribution is 0.345. The Morgan fingerprint density at radius 3 is 2.54 bits per heavy atom. The first-order chi connectivity index (χ1) is 11.4. The van der Waals surface area contributed by atoms with Gasteiger partial charge in [-0.1, -0.05) is 31.2 Å². The Hall–Kier alpha value is -1.20. The van der Waals surface area contributed by atoms with E-state index in [4.69, 9.17) is 4.99 Å². The highest BCUT2D eigenvalue weighted by atomic mass is 32.2. The van der Waals surface area contributed by atoms with Gasteiger partial charge in [0.2, 0.25) is 0 Å². The van der Waals surface area contributed by atoms with Crippen LogP contribution in [-0.2, 0) is 13.1 Å². The molecule has 0 aliphatic carbocycles. The van der Waals surface area contributed by atoms with E-state index in [0.717, 1.165) is 32.1 Å². The van der Waals surface area contributed by atoms with Crippen LogP contribution in [0.15, 0.2) is 29.3 Å². The zero-order chi connectivity index (χ0) is 18.0. The topological polar surface area (TPSA) is 39.7 Å². The van der Waals surface area contributed by atoms with Gasteiger partial charge in [0.1, 0.15) is 0 Å². The number of rotatable bonds is 9. The minimum Gasteiger partial charge on any atom is -0.357 e. The molecule has 4 nitrogen and oxygen atoms in total. The summed E-state index contributed by atoms with van der Waals surface area (Å²) in [5.41, 5.74) is 2.59. The van der Waals surface area contributed by atoms with Gasteiger partial charge in [0, 0.05) is 24.4 Å². The van der Waals surface area contributed by atoms with Crippen LogP contribution in [0.4, 0.5) is 0 Å². The number of aliphatic imine (C=N–C) groups is 1. The van der Waals surface area contributed by atoms with Crippen molar-refractivity contribution in [2.75, 3.05) is 32.9 Å². The molecule has 0 saturated carbocycles. The predicted molar refractivity (Wildman–Crippen MR) is 109 cm³/mol. The molecular formula is C19H34N4S. The molecule has 2 N–H and O–H groups in total. The summed E-state index contributed by atoms with van der Waals surface area (Å²) in [5, 5.41) is 6.77. The number of benzene rings is 1. The van der Waals surface area contributed by atoms with E-state index in [1.54, 1.807) is 0 Å². The summed E-state index contributed by atoms with van der Waals surface area (Å²) in [6.07, 6.45) is 2.14. The number of guanidine groups is 1. The van der Waals surface area contributed by atoms with Crippen LogP contribution in [-0.4, -0.2) is 48.5 Å². The molecule has 0 aromatic heterocycles. The summed E-state index contributed by atoms with van der Waals surface area (Å²) in [6.45, 7) is 13.2. The van der Waals surface area contributed by atoms with E-state index in [1.165, 1.54) is 11.1 Å². The molecule has 136 valence electrons. The molecule has 0 atom stereocenters. The van der Waals surface area contributed by atoms with E-state index in [9.17, 15) is 0 Å². The van der Waals surface area contributed by atoms with Gasteiger partial charge in [-0.25, -0.2) is 4.99 Å².